The molecule has 1 aliphatic heterocycles. The quantitative estimate of drug-likeness (QED) is 0.824. The van der Waals surface area contributed by atoms with Gasteiger partial charge in [0.1, 0.15) is 17.7 Å². The van der Waals surface area contributed by atoms with Crippen molar-refractivity contribution in [3.8, 4) is 0 Å². The Morgan fingerprint density at radius 1 is 1.39 bits per heavy atom. The predicted molar refractivity (Wildman–Crippen MR) is 91.8 cm³/mol. The predicted octanol–water partition coefficient (Wildman–Crippen LogP) is 1.40. The number of nitrogens with one attached hydrogen (secondary N) is 1. The van der Waals surface area contributed by atoms with E-state index in [1.54, 1.807) is 16.8 Å². The highest BCUT2D eigenvalue weighted by Gasteiger charge is 2.25. The van der Waals surface area contributed by atoms with E-state index in [9.17, 15) is 8.42 Å². The van der Waals surface area contributed by atoms with Crippen LogP contribution in [0, 0.1) is 0 Å². The minimum Gasteiger partial charge on any atom is -0.355 e. The third-order valence-electron chi connectivity index (χ3n) is 3.84. The van der Waals surface area contributed by atoms with Gasteiger partial charge in [-0.2, -0.15) is 0 Å². The second kappa shape index (κ2) is 6.10. The van der Waals surface area contributed by atoms with E-state index in [4.69, 9.17) is 28.9 Å². The molecule has 2 aromatic heterocycles. The summed E-state index contributed by atoms with van der Waals surface area (Å²) in [6.45, 7) is 3.05. The van der Waals surface area contributed by atoms with E-state index in [-0.39, 0.29) is 11.8 Å². The van der Waals surface area contributed by atoms with Crippen LogP contribution >= 0.6 is 23.2 Å². The fourth-order valence-electron chi connectivity index (χ4n) is 2.74. The fraction of sp³-hybridized carbons (Fsp3) is 0.462. The van der Waals surface area contributed by atoms with Gasteiger partial charge in [-0.1, -0.05) is 23.2 Å². The van der Waals surface area contributed by atoms with Crippen molar-refractivity contribution in [3.63, 3.8) is 0 Å². The SMILES string of the molecule is CC(N)c1cc(Cl)c2c(Cl)ncn2c1N1CCNS(=O)(=O)CC1. The largest absolute Gasteiger partial charge is 0.355 e. The number of hydrogen-bond acceptors (Lipinski definition) is 5. The lowest BCUT2D eigenvalue weighted by molar-refractivity contribution is 0.586. The van der Waals surface area contributed by atoms with Crippen molar-refractivity contribution in [1.82, 2.24) is 14.1 Å². The van der Waals surface area contributed by atoms with Gasteiger partial charge in [0, 0.05) is 31.2 Å². The van der Waals surface area contributed by atoms with Crippen molar-refractivity contribution in [2.24, 2.45) is 5.73 Å². The summed E-state index contributed by atoms with van der Waals surface area (Å²) >= 11 is 12.4. The summed E-state index contributed by atoms with van der Waals surface area (Å²) in [6, 6.07) is 1.50. The summed E-state index contributed by atoms with van der Waals surface area (Å²) in [7, 11) is -3.25. The van der Waals surface area contributed by atoms with Crippen LogP contribution in [0.25, 0.3) is 5.52 Å². The topological polar surface area (TPSA) is 92.7 Å². The third kappa shape index (κ3) is 3.14. The summed E-state index contributed by atoms with van der Waals surface area (Å²) in [4.78, 5) is 6.08. The highest BCUT2D eigenvalue weighted by molar-refractivity contribution is 7.89. The molecule has 126 valence electrons. The standard InChI is InChI=1S/C13H17Cl2N5O2S/c1-8(16)9-6-10(14)11-12(15)17-7-20(11)13(9)19-3-2-18-23(21,22)5-4-19/h6-8,18H,2-5,16H2,1H3. The van der Waals surface area contributed by atoms with Crippen LogP contribution in [0.4, 0.5) is 5.82 Å². The Bertz CT molecular complexity index is 850. The molecule has 7 nitrogen and oxygen atoms in total. The van der Waals surface area contributed by atoms with E-state index in [0.717, 1.165) is 11.4 Å². The van der Waals surface area contributed by atoms with Gasteiger partial charge >= 0.3 is 0 Å². The molecule has 0 saturated carbocycles. The number of fused-ring (bicyclic) bond motifs is 1. The normalized spacial score (nSPS) is 19.7. The second-order valence-corrected chi connectivity index (χ2v) is 8.21. The number of imidazole rings is 1. The summed E-state index contributed by atoms with van der Waals surface area (Å²) in [5.74, 6) is 0.787. The summed E-state index contributed by atoms with van der Waals surface area (Å²) in [5.41, 5.74) is 7.50. The van der Waals surface area contributed by atoms with Gasteiger partial charge in [-0.3, -0.25) is 4.40 Å². The summed E-state index contributed by atoms with van der Waals surface area (Å²) in [6.07, 6.45) is 1.58. The van der Waals surface area contributed by atoms with E-state index in [0.29, 0.717) is 35.3 Å². The van der Waals surface area contributed by atoms with Crippen molar-refractivity contribution in [3.05, 3.63) is 28.1 Å². The Morgan fingerprint density at radius 3 is 2.83 bits per heavy atom. The molecule has 0 aliphatic carbocycles. The first kappa shape index (κ1) is 16.8. The van der Waals surface area contributed by atoms with Crippen LogP contribution < -0.4 is 15.4 Å². The van der Waals surface area contributed by atoms with E-state index >= 15 is 0 Å². The molecule has 2 aromatic rings. The first-order valence-electron chi connectivity index (χ1n) is 7.13. The van der Waals surface area contributed by atoms with Gasteiger partial charge in [-0.05, 0) is 13.0 Å². The monoisotopic (exact) mass is 377 g/mol. The minimum absolute atomic E-state index is 0.0118. The molecule has 0 spiro atoms. The summed E-state index contributed by atoms with van der Waals surface area (Å²) in [5, 5.41) is 0.761. The Kier molecular flexibility index (Phi) is 4.45. The van der Waals surface area contributed by atoms with Crippen molar-refractivity contribution in [2.75, 3.05) is 30.3 Å². The van der Waals surface area contributed by atoms with E-state index < -0.39 is 10.0 Å². The number of nitrogens with two attached hydrogens (primary N) is 1. The van der Waals surface area contributed by atoms with Gasteiger partial charge in [0.05, 0.1) is 10.8 Å². The average Bonchev–Trinajstić information content (AvgIpc) is 2.76. The number of hydrogen-bond donors (Lipinski definition) is 2. The Hall–Kier alpha value is -1.06. The van der Waals surface area contributed by atoms with Crippen molar-refractivity contribution < 1.29 is 8.42 Å². The van der Waals surface area contributed by atoms with Gasteiger partial charge in [0.25, 0.3) is 0 Å². The molecule has 0 aromatic carbocycles. The zero-order valence-corrected chi connectivity index (χ0v) is 14.8. The molecule has 3 heterocycles. The van der Waals surface area contributed by atoms with Gasteiger partial charge < -0.3 is 10.6 Å². The number of sulfonamides is 1. The molecular weight excluding hydrogens is 361 g/mol. The molecule has 1 atom stereocenters. The Balaban J connectivity index is 2.18. The van der Waals surface area contributed by atoms with Gasteiger partial charge in [-0.15, -0.1) is 0 Å². The number of aromatic nitrogens is 2. The number of halogens is 2. The van der Waals surface area contributed by atoms with Gasteiger partial charge in [0.15, 0.2) is 5.15 Å². The lowest BCUT2D eigenvalue weighted by Gasteiger charge is -2.27. The minimum atomic E-state index is -3.25. The Morgan fingerprint density at radius 2 is 2.13 bits per heavy atom. The van der Waals surface area contributed by atoms with Crippen LogP contribution in [-0.4, -0.2) is 43.2 Å². The summed E-state index contributed by atoms with van der Waals surface area (Å²) < 4.78 is 27.9. The smallest absolute Gasteiger partial charge is 0.213 e. The molecule has 1 fully saturated rings. The fourth-order valence-corrected chi connectivity index (χ4v) is 4.33. The zero-order valence-electron chi connectivity index (χ0n) is 12.5. The maximum Gasteiger partial charge on any atom is 0.213 e. The number of anilines is 1. The second-order valence-electron chi connectivity index (χ2n) is 5.51. The molecule has 3 N–H and O–H groups in total. The first-order chi connectivity index (χ1) is 10.8. The lowest BCUT2D eigenvalue weighted by Crippen LogP contribution is -2.32. The van der Waals surface area contributed by atoms with E-state index in [2.05, 4.69) is 9.71 Å². The van der Waals surface area contributed by atoms with Gasteiger partial charge in [0.2, 0.25) is 10.0 Å². The molecule has 1 unspecified atom stereocenters. The van der Waals surface area contributed by atoms with Crippen LogP contribution in [0.15, 0.2) is 12.4 Å². The molecule has 1 saturated heterocycles. The third-order valence-corrected chi connectivity index (χ3v) is 5.77. The van der Waals surface area contributed by atoms with Crippen LogP contribution in [0.3, 0.4) is 0 Å². The number of nitrogens with zero attached hydrogens (tertiary/aromatic N) is 3. The van der Waals surface area contributed by atoms with E-state index in [1.807, 2.05) is 11.8 Å². The molecule has 23 heavy (non-hydrogen) atoms. The molecule has 1 aliphatic rings. The first-order valence-corrected chi connectivity index (χ1v) is 9.54. The van der Waals surface area contributed by atoms with Crippen molar-refractivity contribution >= 4 is 44.6 Å². The van der Waals surface area contributed by atoms with Gasteiger partial charge in [-0.25, -0.2) is 18.1 Å². The molecule has 3 rings (SSSR count). The average molecular weight is 378 g/mol. The van der Waals surface area contributed by atoms with Crippen molar-refractivity contribution in [2.45, 2.75) is 13.0 Å². The van der Waals surface area contributed by atoms with Crippen molar-refractivity contribution in [1.29, 1.82) is 0 Å². The molecule has 10 heteroatoms. The van der Waals surface area contributed by atoms with Crippen LogP contribution in [0.5, 0.6) is 0 Å². The lowest BCUT2D eigenvalue weighted by atomic mass is 10.1. The zero-order chi connectivity index (χ0) is 16.8. The maximum absolute atomic E-state index is 11.8. The molecule has 0 amide bonds. The van der Waals surface area contributed by atoms with E-state index in [1.165, 1.54) is 0 Å². The van der Waals surface area contributed by atoms with Crippen LogP contribution in [0.2, 0.25) is 10.2 Å². The molecule has 0 radical (unpaired) electrons. The molecule has 0 bridgehead atoms. The Labute approximate surface area is 144 Å². The number of pyridine rings is 1. The molecular formula is C13H17Cl2N5O2S. The number of rotatable bonds is 2. The maximum atomic E-state index is 11.8. The highest BCUT2D eigenvalue weighted by atomic mass is 35.5. The highest BCUT2D eigenvalue weighted by Crippen LogP contribution is 2.34. The van der Waals surface area contributed by atoms with Crippen LogP contribution in [0.1, 0.15) is 18.5 Å². The van der Waals surface area contributed by atoms with Crippen LogP contribution in [-0.2, 0) is 10.0 Å².